The molecule has 0 atom stereocenters. The van der Waals surface area contributed by atoms with Crippen molar-refractivity contribution in [1.82, 2.24) is 14.9 Å². The maximum atomic E-state index is 13.5. The van der Waals surface area contributed by atoms with Crippen LogP contribution in [0.5, 0.6) is 0 Å². The molecule has 1 aliphatic rings. The molecule has 3 heterocycles. The predicted octanol–water partition coefficient (Wildman–Crippen LogP) is 5.54. The maximum Gasteiger partial charge on any atom is 0.433 e. The number of hydrogen-bond acceptors (Lipinski definition) is 5. The number of pyridine rings is 2. The fourth-order valence-electron chi connectivity index (χ4n) is 4.58. The molecule has 9 heteroatoms. The van der Waals surface area contributed by atoms with Crippen molar-refractivity contribution in [2.45, 2.75) is 12.6 Å². The first-order chi connectivity index (χ1) is 17.8. The van der Waals surface area contributed by atoms with Gasteiger partial charge in [-0.25, -0.2) is 9.97 Å². The summed E-state index contributed by atoms with van der Waals surface area (Å²) < 4.78 is 40.6. The molecule has 1 fully saturated rings. The number of hydrogen-bond donors (Lipinski definition) is 0. The molecule has 6 nitrogen and oxygen atoms in total. The zero-order chi connectivity index (χ0) is 26.0. The third kappa shape index (κ3) is 4.96. The molecule has 1 aliphatic heterocycles. The van der Waals surface area contributed by atoms with Crippen molar-refractivity contribution in [2.24, 2.45) is 0 Å². The normalized spacial score (nSPS) is 14.3. The molecule has 1 amide bonds. The van der Waals surface area contributed by atoms with Crippen molar-refractivity contribution in [2.75, 3.05) is 31.1 Å². The van der Waals surface area contributed by atoms with Crippen LogP contribution in [0.3, 0.4) is 0 Å². The van der Waals surface area contributed by atoms with Crippen LogP contribution in [-0.2, 0) is 6.18 Å². The van der Waals surface area contributed by atoms with Gasteiger partial charge in [0.2, 0.25) is 0 Å². The van der Waals surface area contributed by atoms with Gasteiger partial charge in [0, 0.05) is 48.9 Å². The first-order valence-corrected chi connectivity index (χ1v) is 11.8. The van der Waals surface area contributed by atoms with Gasteiger partial charge in [-0.2, -0.15) is 18.4 Å². The highest BCUT2D eigenvalue weighted by Gasteiger charge is 2.33. The van der Waals surface area contributed by atoms with Gasteiger partial charge < -0.3 is 9.80 Å². The fourth-order valence-corrected chi connectivity index (χ4v) is 4.58. The van der Waals surface area contributed by atoms with E-state index in [4.69, 9.17) is 5.26 Å². The second-order valence-corrected chi connectivity index (χ2v) is 8.78. The maximum absolute atomic E-state index is 13.5. The summed E-state index contributed by atoms with van der Waals surface area (Å²) in [6, 6.07) is 20.2. The average Bonchev–Trinajstić information content (AvgIpc) is 3.18. The Morgan fingerprint density at radius 1 is 0.946 bits per heavy atom. The molecule has 5 rings (SSSR count). The lowest BCUT2D eigenvalue weighted by atomic mass is 10.0. The molecule has 0 unspecified atom stereocenters. The number of rotatable bonds is 3. The number of nitriles is 1. The molecule has 0 spiro atoms. The van der Waals surface area contributed by atoms with E-state index in [9.17, 15) is 18.0 Å². The number of carbonyl (C=O) groups excluding carboxylic acids is 1. The zero-order valence-corrected chi connectivity index (χ0v) is 19.7. The van der Waals surface area contributed by atoms with Crippen molar-refractivity contribution in [3.8, 4) is 17.2 Å². The van der Waals surface area contributed by atoms with Gasteiger partial charge in [0.25, 0.3) is 5.91 Å². The van der Waals surface area contributed by atoms with Crippen LogP contribution in [0, 0.1) is 11.3 Å². The van der Waals surface area contributed by atoms with E-state index in [0.717, 1.165) is 11.6 Å². The van der Waals surface area contributed by atoms with Gasteiger partial charge in [0.15, 0.2) is 0 Å². The van der Waals surface area contributed by atoms with Gasteiger partial charge in [-0.1, -0.05) is 36.4 Å². The van der Waals surface area contributed by atoms with E-state index in [1.807, 2.05) is 41.3 Å². The Bertz CT molecular complexity index is 1500. The highest BCUT2D eigenvalue weighted by Crippen LogP contribution is 2.36. The van der Waals surface area contributed by atoms with Gasteiger partial charge in [0.05, 0.1) is 17.1 Å². The van der Waals surface area contributed by atoms with Crippen LogP contribution in [0.4, 0.5) is 19.0 Å². The topological polar surface area (TPSA) is 73.1 Å². The third-order valence-corrected chi connectivity index (χ3v) is 6.40. The molecule has 37 heavy (non-hydrogen) atoms. The lowest BCUT2D eigenvalue weighted by molar-refractivity contribution is -0.140. The van der Waals surface area contributed by atoms with E-state index in [1.165, 1.54) is 6.07 Å². The van der Waals surface area contributed by atoms with Crippen molar-refractivity contribution >= 4 is 22.6 Å². The molecule has 2 aromatic carbocycles. The summed E-state index contributed by atoms with van der Waals surface area (Å²) >= 11 is 0. The number of halogens is 3. The van der Waals surface area contributed by atoms with E-state index in [1.54, 1.807) is 35.4 Å². The highest BCUT2D eigenvalue weighted by molar-refractivity contribution is 5.99. The molecule has 0 aliphatic carbocycles. The number of alkyl halides is 3. The first kappa shape index (κ1) is 24.3. The quantitative estimate of drug-likeness (QED) is 0.369. The van der Waals surface area contributed by atoms with Crippen LogP contribution < -0.4 is 4.90 Å². The van der Waals surface area contributed by atoms with Crippen LogP contribution in [0.2, 0.25) is 0 Å². The van der Waals surface area contributed by atoms with Crippen LogP contribution in [0.15, 0.2) is 72.9 Å². The lowest BCUT2D eigenvalue weighted by Crippen LogP contribution is -2.35. The molecule has 0 radical (unpaired) electrons. The minimum absolute atomic E-state index is 0.160. The zero-order valence-electron chi connectivity index (χ0n) is 19.7. The van der Waals surface area contributed by atoms with Crippen LogP contribution in [0.1, 0.15) is 28.0 Å². The monoisotopic (exact) mass is 501 g/mol. The lowest BCUT2D eigenvalue weighted by Gasteiger charge is -2.24. The summed E-state index contributed by atoms with van der Waals surface area (Å²) in [7, 11) is 0. The average molecular weight is 502 g/mol. The Morgan fingerprint density at radius 3 is 2.51 bits per heavy atom. The standard InChI is InChI=1S/C28H22F3N5O/c29-28(30,31)24-11-10-22-25(34-24)23(20-7-2-1-3-8-20)18-33-26(22)35-12-5-13-36(15-14-35)27(37)21-9-4-6-19(16-21)17-32/h1-4,6-11,16,18H,5,12-15H2. The van der Waals surface area contributed by atoms with Gasteiger partial charge in [-0.15, -0.1) is 0 Å². The SMILES string of the molecule is N#Cc1cccc(C(=O)N2CCCN(c3ncc(-c4ccccc4)c4nc(C(F)(F)F)ccc34)CC2)c1. The van der Waals surface area contributed by atoms with Gasteiger partial charge in [-0.05, 0) is 42.3 Å². The predicted molar refractivity (Wildman–Crippen MR) is 134 cm³/mol. The summed E-state index contributed by atoms with van der Waals surface area (Å²) in [5.74, 6) is 0.379. The second-order valence-electron chi connectivity index (χ2n) is 8.78. The van der Waals surface area contributed by atoms with Crippen molar-refractivity contribution in [3.05, 3.63) is 89.7 Å². The van der Waals surface area contributed by atoms with Crippen LogP contribution in [-0.4, -0.2) is 47.0 Å². The van der Waals surface area contributed by atoms with Gasteiger partial charge in [-0.3, -0.25) is 4.79 Å². The molecule has 4 aromatic rings. The minimum Gasteiger partial charge on any atom is -0.354 e. The molecule has 0 saturated carbocycles. The smallest absolute Gasteiger partial charge is 0.354 e. The number of benzene rings is 2. The minimum atomic E-state index is -4.57. The summed E-state index contributed by atoms with van der Waals surface area (Å²) in [6.07, 6.45) is -2.35. The molecule has 1 saturated heterocycles. The summed E-state index contributed by atoms with van der Waals surface area (Å²) in [6.45, 7) is 1.96. The number of amides is 1. The van der Waals surface area contributed by atoms with Crippen molar-refractivity contribution in [1.29, 1.82) is 5.26 Å². The Balaban J connectivity index is 1.48. The highest BCUT2D eigenvalue weighted by atomic mass is 19.4. The van der Waals surface area contributed by atoms with Crippen LogP contribution >= 0.6 is 0 Å². The molecule has 0 bridgehead atoms. The second kappa shape index (κ2) is 9.90. The summed E-state index contributed by atoms with van der Waals surface area (Å²) in [5, 5.41) is 9.67. The van der Waals surface area contributed by atoms with E-state index < -0.39 is 11.9 Å². The Hall–Kier alpha value is -4.45. The number of aromatic nitrogens is 2. The van der Waals surface area contributed by atoms with Gasteiger partial charge in [0.1, 0.15) is 11.5 Å². The summed E-state index contributed by atoms with van der Waals surface area (Å²) in [4.78, 5) is 25.5. The van der Waals surface area contributed by atoms with E-state index >= 15 is 0 Å². The van der Waals surface area contributed by atoms with E-state index in [0.29, 0.717) is 60.5 Å². The number of anilines is 1. The Labute approximate surface area is 211 Å². The molecule has 0 N–H and O–H groups in total. The van der Waals surface area contributed by atoms with Gasteiger partial charge >= 0.3 is 6.18 Å². The first-order valence-electron chi connectivity index (χ1n) is 11.8. The molecular formula is C28H22F3N5O. The van der Waals surface area contributed by atoms with Crippen LogP contribution in [0.25, 0.3) is 22.0 Å². The van der Waals surface area contributed by atoms with Crippen molar-refractivity contribution in [3.63, 3.8) is 0 Å². The van der Waals surface area contributed by atoms with E-state index in [2.05, 4.69) is 9.97 Å². The van der Waals surface area contributed by atoms with E-state index in [-0.39, 0.29) is 11.4 Å². The summed E-state index contributed by atoms with van der Waals surface area (Å²) in [5.41, 5.74) is 1.40. The number of nitrogens with zero attached hydrogens (tertiary/aromatic N) is 5. The molecule has 186 valence electrons. The number of carbonyl (C=O) groups is 1. The molecule has 2 aromatic heterocycles. The Morgan fingerprint density at radius 2 is 1.76 bits per heavy atom. The molecular weight excluding hydrogens is 479 g/mol. The Kier molecular flexibility index (Phi) is 6.49. The number of fused-ring (bicyclic) bond motifs is 1. The van der Waals surface area contributed by atoms with Crippen molar-refractivity contribution < 1.29 is 18.0 Å². The fraction of sp³-hybridized carbons (Fsp3) is 0.214. The third-order valence-electron chi connectivity index (χ3n) is 6.40. The largest absolute Gasteiger partial charge is 0.433 e.